The molecular weight excluding hydrogens is 306 g/mol. The van der Waals surface area contributed by atoms with Crippen molar-refractivity contribution in [3.8, 4) is 0 Å². The molecule has 0 bridgehead atoms. The van der Waals surface area contributed by atoms with E-state index >= 15 is 0 Å². The first kappa shape index (κ1) is 16.6. The third kappa shape index (κ3) is 6.52. The van der Waals surface area contributed by atoms with Crippen molar-refractivity contribution in [3.05, 3.63) is 34.3 Å². The van der Waals surface area contributed by atoms with Gasteiger partial charge in [-0.25, -0.2) is 0 Å². The molecule has 0 amide bonds. The van der Waals surface area contributed by atoms with E-state index in [1.807, 2.05) is 31.2 Å². The molecule has 2 N–H and O–H groups in total. The topological polar surface area (TPSA) is 44.5 Å². The second-order valence-corrected chi connectivity index (χ2v) is 6.09. The summed E-state index contributed by atoms with van der Waals surface area (Å²) in [6, 6.07) is 8.03. The zero-order chi connectivity index (χ0) is 14.3. The molecular formula is C15H24BrNO2. The first-order valence-corrected chi connectivity index (χ1v) is 7.50. The Morgan fingerprint density at radius 3 is 2.26 bits per heavy atom. The van der Waals surface area contributed by atoms with E-state index in [2.05, 4.69) is 29.8 Å². The predicted molar refractivity (Wildman–Crippen MR) is 82.1 cm³/mol. The average Bonchev–Trinajstić information content (AvgIpc) is 2.34. The molecule has 0 saturated heterocycles. The van der Waals surface area contributed by atoms with Crippen LogP contribution in [-0.2, 0) is 9.47 Å². The monoisotopic (exact) mass is 329 g/mol. The molecule has 0 radical (unpaired) electrons. The Bertz CT molecular complexity index is 352. The van der Waals surface area contributed by atoms with Crippen molar-refractivity contribution < 1.29 is 9.47 Å². The van der Waals surface area contributed by atoms with Crippen molar-refractivity contribution in [2.75, 3.05) is 19.8 Å². The normalized spacial score (nSPS) is 14.6. The Balaban J connectivity index is 2.43. The van der Waals surface area contributed by atoms with Crippen molar-refractivity contribution in [2.45, 2.75) is 32.9 Å². The molecule has 4 heteroatoms. The van der Waals surface area contributed by atoms with E-state index in [9.17, 15) is 0 Å². The van der Waals surface area contributed by atoms with Crippen LogP contribution in [0.25, 0.3) is 0 Å². The number of halogens is 1. The second kappa shape index (κ2) is 8.69. The zero-order valence-corrected chi connectivity index (χ0v) is 13.5. The van der Waals surface area contributed by atoms with Gasteiger partial charge in [0.15, 0.2) is 0 Å². The van der Waals surface area contributed by atoms with Crippen LogP contribution >= 0.6 is 15.9 Å². The van der Waals surface area contributed by atoms with Crippen molar-refractivity contribution in [2.24, 2.45) is 11.7 Å². The highest BCUT2D eigenvalue weighted by atomic mass is 79.9. The van der Waals surface area contributed by atoms with Gasteiger partial charge in [-0.2, -0.15) is 0 Å². The third-order valence-corrected chi connectivity index (χ3v) is 3.18. The summed E-state index contributed by atoms with van der Waals surface area (Å²) in [5.41, 5.74) is 7.09. The van der Waals surface area contributed by atoms with Crippen LogP contribution in [-0.4, -0.2) is 25.9 Å². The molecule has 2 atom stereocenters. The standard InChI is InChI=1S/C15H24BrNO2/c1-11(2)10-18-8-9-19-15(12(3)17)13-4-6-14(16)7-5-13/h4-7,11-12,15H,8-10,17H2,1-3H3. The minimum Gasteiger partial charge on any atom is -0.379 e. The molecule has 19 heavy (non-hydrogen) atoms. The van der Waals surface area contributed by atoms with Gasteiger partial charge in [-0.1, -0.05) is 41.9 Å². The molecule has 0 aromatic heterocycles. The van der Waals surface area contributed by atoms with Gasteiger partial charge in [0.1, 0.15) is 0 Å². The smallest absolute Gasteiger partial charge is 0.0974 e. The van der Waals surface area contributed by atoms with Gasteiger partial charge in [0.05, 0.1) is 19.3 Å². The number of hydrogen-bond donors (Lipinski definition) is 1. The van der Waals surface area contributed by atoms with Crippen molar-refractivity contribution in [1.29, 1.82) is 0 Å². The fourth-order valence-corrected chi connectivity index (χ4v) is 2.02. The summed E-state index contributed by atoms with van der Waals surface area (Å²) in [5.74, 6) is 0.552. The predicted octanol–water partition coefficient (Wildman–Crippen LogP) is 3.53. The molecule has 1 aromatic rings. The van der Waals surface area contributed by atoms with E-state index in [1.54, 1.807) is 0 Å². The van der Waals surface area contributed by atoms with Crippen molar-refractivity contribution in [3.63, 3.8) is 0 Å². The first-order valence-electron chi connectivity index (χ1n) is 6.71. The second-order valence-electron chi connectivity index (χ2n) is 5.17. The molecule has 0 aliphatic carbocycles. The van der Waals surface area contributed by atoms with Crippen LogP contribution in [0, 0.1) is 5.92 Å². The summed E-state index contributed by atoms with van der Waals surface area (Å²) in [4.78, 5) is 0. The Morgan fingerprint density at radius 1 is 1.11 bits per heavy atom. The molecule has 0 aliphatic rings. The molecule has 108 valence electrons. The summed E-state index contributed by atoms with van der Waals surface area (Å²) >= 11 is 3.43. The van der Waals surface area contributed by atoms with Crippen LogP contribution in [0.5, 0.6) is 0 Å². The van der Waals surface area contributed by atoms with Gasteiger partial charge in [0, 0.05) is 17.1 Å². The summed E-state index contributed by atoms with van der Waals surface area (Å²) in [6.45, 7) is 8.17. The van der Waals surface area contributed by atoms with Crippen molar-refractivity contribution >= 4 is 15.9 Å². The molecule has 0 spiro atoms. The van der Waals surface area contributed by atoms with Crippen LogP contribution in [0.4, 0.5) is 0 Å². The van der Waals surface area contributed by atoms with Gasteiger partial charge in [-0.05, 0) is 30.5 Å². The van der Waals surface area contributed by atoms with E-state index in [-0.39, 0.29) is 12.1 Å². The van der Waals surface area contributed by atoms with E-state index < -0.39 is 0 Å². The first-order chi connectivity index (χ1) is 9.00. The van der Waals surface area contributed by atoms with E-state index in [4.69, 9.17) is 15.2 Å². The lowest BCUT2D eigenvalue weighted by molar-refractivity contribution is -0.00958. The quantitative estimate of drug-likeness (QED) is 0.742. The summed E-state index contributed by atoms with van der Waals surface area (Å²) in [6.07, 6.45) is -0.0873. The molecule has 0 fully saturated rings. The number of rotatable bonds is 8. The largest absolute Gasteiger partial charge is 0.379 e. The highest BCUT2D eigenvalue weighted by Gasteiger charge is 2.16. The maximum absolute atomic E-state index is 5.99. The Morgan fingerprint density at radius 2 is 1.74 bits per heavy atom. The Labute approximate surface area is 124 Å². The molecule has 2 unspecified atom stereocenters. The molecule has 3 nitrogen and oxygen atoms in total. The van der Waals surface area contributed by atoms with Crippen LogP contribution in [0.2, 0.25) is 0 Å². The van der Waals surface area contributed by atoms with Crippen molar-refractivity contribution in [1.82, 2.24) is 0 Å². The molecule has 0 saturated carbocycles. The van der Waals surface area contributed by atoms with E-state index in [1.165, 1.54) is 0 Å². The zero-order valence-electron chi connectivity index (χ0n) is 11.9. The highest BCUT2D eigenvalue weighted by molar-refractivity contribution is 9.10. The van der Waals surface area contributed by atoms with Crippen LogP contribution in [0.1, 0.15) is 32.4 Å². The fourth-order valence-electron chi connectivity index (χ4n) is 1.76. The molecule has 1 aromatic carbocycles. The number of hydrogen-bond acceptors (Lipinski definition) is 3. The van der Waals surface area contributed by atoms with Crippen LogP contribution < -0.4 is 5.73 Å². The lowest BCUT2D eigenvalue weighted by atomic mass is 10.0. The highest BCUT2D eigenvalue weighted by Crippen LogP contribution is 2.22. The maximum atomic E-state index is 5.99. The number of ether oxygens (including phenoxy) is 2. The molecule has 0 aliphatic heterocycles. The summed E-state index contributed by atoms with van der Waals surface area (Å²) < 4.78 is 12.4. The number of benzene rings is 1. The van der Waals surface area contributed by atoms with Gasteiger partial charge < -0.3 is 15.2 Å². The summed E-state index contributed by atoms with van der Waals surface area (Å²) in [7, 11) is 0. The minimum absolute atomic E-state index is 0.0497. The van der Waals surface area contributed by atoms with Gasteiger partial charge >= 0.3 is 0 Å². The SMILES string of the molecule is CC(C)COCCOC(c1ccc(Br)cc1)C(C)N. The average molecular weight is 330 g/mol. The minimum atomic E-state index is -0.0873. The third-order valence-electron chi connectivity index (χ3n) is 2.65. The van der Waals surface area contributed by atoms with Gasteiger partial charge in [0.25, 0.3) is 0 Å². The summed E-state index contributed by atoms with van der Waals surface area (Å²) in [5, 5.41) is 0. The molecule has 1 rings (SSSR count). The maximum Gasteiger partial charge on any atom is 0.0974 e. The van der Waals surface area contributed by atoms with Crippen LogP contribution in [0.3, 0.4) is 0 Å². The van der Waals surface area contributed by atoms with Gasteiger partial charge in [-0.3, -0.25) is 0 Å². The van der Waals surface area contributed by atoms with Gasteiger partial charge in [-0.15, -0.1) is 0 Å². The van der Waals surface area contributed by atoms with E-state index in [0.717, 1.165) is 16.6 Å². The Hall–Kier alpha value is -0.420. The molecule has 0 heterocycles. The van der Waals surface area contributed by atoms with E-state index in [0.29, 0.717) is 19.1 Å². The van der Waals surface area contributed by atoms with Gasteiger partial charge in [0.2, 0.25) is 0 Å². The van der Waals surface area contributed by atoms with Crippen LogP contribution in [0.15, 0.2) is 28.7 Å². The number of nitrogens with two attached hydrogens (primary N) is 1. The lowest BCUT2D eigenvalue weighted by Crippen LogP contribution is -2.28. The fraction of sp³-hybridized carbons (Fsp3) is 0.600. The lowest BCUT2D eigenvalue weighted by Gasteiger charge is -2.22. The Kier molecular flexibility index (Phi) is 7.61.